The Balaban J connectivity index is 3.49. The highest BCUT2D eigenvalue weighted by atomic mass is 35.6. The Labute approximate surface area is 131 Å². The fourth-order valence-electron chi connectivity index (χ4n) is 1.42. The average Bonchev–Trinajstić information content (AvgIpc) is 2.27. The maximum absolute atomic E-state index is 10.7. The van der Waals surface area contributed by atoms with Gasteiger partial charge in [-0.25, -0.2) is 0 Å². The number of halogens is 3. The third-order valence-electron chi connectivity index (χ3n) is 2.44. The molecule has 0 amide bonds. The van der Waals surface area contributed by atoms with Crippen molar-refractivity contribution in [1.29, 1.82) is 0 Å². The molecule has 0 radical (unpaired) electrons. The number of non-ortho nitro benzene ring substituents is 1. The molecular formula is C10H10Cl3NO2S2. The number of hydrogen-bond acceptors (Lipinski definition) is 4. The number of hydrogen-bond donors (Lipinski definition) is 2. The van der Waals surface area contributed by atoms with Gasteiger partial charge in [0, 0.05) is 17.7 Å². The van der Waals surface area contributed by atoms with Crippen LogP contribution in [0.4, 0.5) is 5.69 Å². The Hall–Kier alpha value is 0.190. The minimum absolute atomic E-state index is 0.145. The SMILES string of the molecule is CCC(S)(S)c1ccc([N+](=O)[O-])cc1C(Cl)(Cl)Cl. The number of benzene rings is 1. The van der Waals surface area contributed by atoms with Gasteiger partial charge in [0.25, 0.3) is 5.69 Å². The molecule has 1 aromatic carbocycles. The van der Waals surface area contributed by atoms with E-state index in [-0.39, 0.29) is 11.3 Å². The predicted molar refractivity (Wildman–Crippen MR) is 82.3 cm³/mol. The van der Waals surface area contributed by atoms with E-state index in [2.05, 4.69) is 25.3 Å². The quantitative estimate of drug-likeness (QED) is 0.270. The third-order valence-corrected chi connectivity index (χ3v) is 4.17. The van der Waals surface area contributed by atoms with Crippen LogP contribution in [0.15, 0.2) is 18.2 Å². The van der Waals surface area contributed by atoms with Crippen molar-refractivity contribution in [1.82, 2.24) is 0 Å². The highest BCUT2D eigenvalue weighted by molar-refractivity contribution is 7.99. The van der Waals surface area contributed by atoms with E-state index in [1.54, 1.807) is 0 Å². The third kappa shape index (κ3) is 3.61. The van der Waals surface area contributed by atoms with Crippen LogP contribution in [0.2, 0.25) is 0 Å². The first-order chi connectivity index (χ1) is 8.09. The molecule has 0 spiro atoms. The zero-order valence-electron chi connectivity index (χ0n) is 9.23. The number of nitro groups is 1. The van der Waals surface area contributed by atoms with Gasteiger partial charge >= 0.3 is 0 Å². The monoisotopic (exact) mass is 345 g/mol. The van der Waals surface area contributed by atoms with Crippen molar-refractivity contribution in [2.75, 3.05) is 0 Å². The smallest absolute Gasteiger partial charge is 0.258 e. The molecule has 0 N–H and O–H groups in total. The summed E-state index contributed by atoms with van der Waals surface area (Å²) in [6.45, 7) is 1.86. The van der Waals surface area contributed by atoms with Gasteiger partial charge in [-0.05, 0) is 18.1 Å². The van der Waals surface area contributed by atoms with Gasteiger partial charge in [-0.15, -0.1) is 0 Å². The normalized spacial score (nSPS) is 12.6. The molecule has 100 valence electrons. The summed E-state index contributed by atoms with van der Waals surface area (Å²) in [6, 6.07) is 4.09. The van der Waals surface area contributed by atoms with Gasteiger partial charge in [0.2, 0.25) is 3.79 Å². The zero-order chi connectivity index (χ0) is 14.1. The lowest BCUT2D eigenvalue weighted by Crippen LogP contribution is -2.16. The summed E-state index contributed by atoms with van der Waals surface area (Å²) < 4.78 is -2.60. The lowest BCUT2D eigenvalue weighted by molar-refractivity contribution is -0.384. The molecule has 0 atom stereocenters. The van der Waals surface area contributed by atoms with Gasteiger partial charge < -0.3 is 0 Å². The molecule has 0 unspecified atom stereocenters. The fourth-order valence-corrected chi connectivity index (χ4v) is 2.28. The van der Waals surface area contributed by atoms with Crippen LogP contribution >= 0.6 is 60.1 Å². The van der Waals surface area contributed by atoms with E-state index < -0.39 is 12.8 Å². The second-order valence-electron chi connectivity index (χ2n) is 3.65. The Morgan fingerprint density at radius 3 is 2.22 bits per heavy atom. The predicted octanol–water partition coefficient (Wildman–Crippen LogP) is 4.84. The van der Waals surface area contributed by atoms with Crippen LogP contribution < -0.4 is 0 Å². The van der Waals surface area contributed by atoms with E-state index in [1.165, 1.54) is 18.2 Å². The molecule has 18 heavy (non-hydrogen) atoms. The minimum Gasteiger partial charge on any atom is -0.258 e. The maximum atomic E-state index is 10.7. The van der Waals surface area contributed by atoms with Crippen LogP contribution in [0.1, 0.15) is 24.5 Å². The number of thiol groups is 2. The molecule has 0 bridgehead atoms. The summed E-state index contributed by atoms with van der Waals surface area (Å²) >= 11 is 26.3. The van der Waals surface area contributed by atoms with E-state index >= 15 is 0 Å². The van der Waals surface area contributed by atoms with Crippen molar-refractivity contribution >= 4 is 65.7 Å². The van der Waals surface area contributed by atoms with E-state index in [9.17, 15) is 10.1 Å². The topological polar surface area (TPSA) is 43.1 Å². The van der Waals surface area contributed by atoms with Crippen molar-refractivity contribution in [3.05, 3.63) is 39.4 Å². The molecule has 0 aliphatic carbocycles. The Morgan fingerprint density at radius 2 is 1.83 bits per heavy atom. The van der Waals surface area contributed by atoms with Crippen LogP contribution in [-0.4, -0.2) is 4.92 Å². The molecule has 0 aliphatic rings. The molecular weight excluding hydrogens is 337 g/mol. The van der Waals surface area contributed by atoms with Gasteiger partial charge in [0.05, 0.1) is 9.00 Å². The van der Waals surface area contributed by atoms with Gasteiger partial charge in [-0.3, -0.25) is 10.1 Å². The Morgan fingerprint density at radius 1 is 1.28 bits per heavy atom. The summed E-state index contributed by atoms with van der Waals surface area (Å²) in [4.78, 5) is 10.2. The summed E-state index contributed by atoms with van der Waals surface area (Å²) in [5.41, 5.74) is 0.615. The zero-order valence-corrected chi connectivity index (χ0v) is 13.3. The number of nitrogens with zero attached hydrogens (tertiary/aromatic N) is 1. The first-order valence-electron chi connectivity index (χ1n) is 4.90. The second-order valence-corrected chi connectivity index (χ2v) is 7.82. The summed E-state index contributed by atoms with van der Waals surface area (Å²) in [7, 11) is 0. The Kier molecular flexibility index (Phi) is 5.12. The lowest BCUT2D eigenvalue weighted by Gasteiger charge is -2.26. The largest absolute Gasteiger partial charge is 0.269 e. The molecule has 0 saturated heterocycles. The van der Waals surface area contributed by atoms with E-state index in [4.69, 9.17) is 34.8 Å². The molecule has 1 aromatic rings. The van der Waals surface area contributed by atoms with Crippen LogP contribution in [0.25, 0.3) is 0 Å². The highest BCUT2D eigenvalue weighted by Gasteiger charge is 2.34. The van der Waals surface area contributed by atoms with E-state index in [0.717, 1.165) is 0 Å². The molecule has 0 fully saturated rings. The van der Waals surface area contributed by atoms with Gasteiger partial charge in [-0.1, -0.05) is 41.7 Å². The first-order valence-corrected chi connectivity index (χ1v) is 6.93. The van der Waals surface area contributed by atoms with Crippen molar-refractivity contribution < 1.29 is 4.92 Å². The molecule has 0 heterocycles. The summed E-state index contributed by atoms with van der Waals surface area (Å²) in [5.74, 6) is 0. The second kappa shape index (κ2) is 5.67. The van der Waals surface area contributed by atoms with Crippen LogP contribution in [0, 0.1) is 10.1 Å². The standard InChI is InChI=1S/C10H10Cl3NO2S2/c1-2-9(17,18)7-4-3-6(14(15)16)5-8(7)10(11,12)13/h3-5,17-18H,2H2,1H3. The molecule has 0 aliphatic heterocycles. The van der Waals surface area contributed by atoms with Crippen LogP contribution in [0.5, 0.6) is 0 Å². The summed E-state index contributed by atoms with van der Waals surface area (Å²) in [6.07, 6.45) is 0.560. The van der Waals surface area contributed by atoms with Crippen LogP contribution in [0.3, 0.4) is 0 Å². The van der Waals surface area contributed by atoms with Crippen molar-refractivity contribution in [3.8, 4) is 0 Å². The van der Waals surface area contributed by atoms with E-state index in [0.29, 0.717) is 12.0 Å². The number of nitro benzene ring substituents is 1. The number of alkyl halides is 3. The fraction of sp³-hybridized carbons (Fsp3) is 0.400. The van der Waals surface area contributed by atoms with Crippen molar-refractivity contribution in [2.45, 2.75) is 21.2 Å². The molecule has 1 rings (SSSR count). The average molecular weight is 347 g/mol. The van der Waals surface area contributed by atoms with Gasteiger partial charge in [-0.2, -0.15) is 25.3 Å². The Bertz CT molecular complexity index is 475. The number of rotatable bonds is 3. The maximum Gasteiger partial charge on any atom is 0.269 e. The van der Waals surface area contributed by atoms with E-state index in [1.807, 2.05) is 6.92 Å². The molecule has 3 nitrogen and oxygen atoms in total. The molecule has 0 aromatic heterocycles. The minimum atomic E-state index is -1.77. The van der Waals surface area contributed by atoms with Crippen LogP contribution in [-0.2, 0) is 7.87 Å². The van der Waals surface area contributed by atoms with Crippen molar-refractivity contribution in [3.63, 3.8) is 0 Å². The summed E-state index contributed by atoms with van der Waals surface area (Å²) in [5, 5.41) is 10.7. The lowest BCUT2D eigenvalue weighted by atomic mass is 10.0. The van der Waals surface area contributed by atoms with Gasteiger partial charge in [0.15, 0.2) is 0 Å². The highest BCUT2D eigenvalue weighted by Crippen LogP contribution is 2.47. The van der Waals surface area contributed by atoms with Crippen molar-refractivity contribution in [2.24, 2.45) is 0 Å². The molecule has 8 heteroatoms. The first kappa shape index (κ1) is 16.2. The van der Waals surface area contributed by atoms with Gasteiger partial charge in [0.1, 0.15) is 0 Å². The molecule has 0 saturated carbocycles.